The minimum absolute atomic E-state index is 0.0632. The minimum Gasteiger partial charge on any atom is -0.342 e. The quantitative estimate of drug-likeness (QED) is 0.656. The molecule has 164 valence electrons. The van der Waals surface area contributed by atoms with E-state index in [1.165, 1.54) is 0 Å². The lowest BCUT2D eigenvalue weighted by Gasteiger charge is -2.35. The number of imidazole rings is 1. The first-order chi connectivity index (χ1) is 15.0. The molecule has 1 atom stereocenters. The van der Waals surface area contributed by atoms with Gasteiger partial charge in [-0.2, -0.15) is 4.31 Å². The Labute approximate surface area is 184 Å². The van der Waals surface area contributed by atoms with E-state index in [0.29, 0.717) is 17.4 Å². The second-order valence-corrected chi connectivity index (χ2v) is 10.8. The van der Waals surface area contributed by atoms with Gasteiger partial charge in [0, 0.05) is 25.0 Å². The molecule has 7 heteroatoms. The largest absolute Gasteiger partial charge is 0.342 e. The van der Waals surface area contributed by atoms with E-state index < -0.39 is 10.0 Å². The number of aromatic amines is 1. The van der Waals surface area contributed by atoms with Crippen LogP contribution in [-0.4, -0.2) is 59.8 Å². The maximum atomic E-state index is 13.3. The second kappa shape index (κ2) is 8.37. The number of hydrogen-bond donors (Lipinski definition) is 1. The minimum atomic E-state index is -3.44. The van der Waals surface area contributed by atoms with Crippen molar-refractivity contribution in [2.45, 2.75) is 49.5 Å². The first-order valence-corrected chi connectivity index (χ1v) is 12.7. The number of H-pyrrole nitrogens is 1. The molecule has 0 aliphatic carbocycles. The number of para-hydroxylation sites is 2. The molecule has 31 heavy (non-hydrogen) atoms. The molecule has 2 aromatic carbocycles. The monoisotopic (exact) mass is 438 g/mol. The van der Waals surface area contributed by atoms with Crippen LogP contribution in [0.25, 0.3) is 11.0 Å². The summed E-state index contributed by atoms with van der Waals surface area (Å²) in [7, 11) is -3.44. The molecule has 3 aromatic rings. The number of fused-ring (bicyclic) bond motifs is 1. The molecule has 0 unspecified atom stereocenters. The summed E-state index contributed by atoms with van der Waals surface area (Å²) >= 11 is 0. The Hall–Kier alpha value is -2.22. The Morgan fingerprint density at radius 2 is 1.84 bits per heavy atom. The van der Waals surface area contributed by atoms with E-state index in [9.17, 15) is 8.42 Å². The molecule has 3 heterocycles. The molecule has 5 rings (SSSR count). The van der Waals surface area contributed by atoms with E-state index in [1.54, 1.807) is 16.4 Å². The van der Waals surface area contributed by atoms with Crippen LogP contribution in [0.5, 0.6) is 0 Å². The number of nitrogens with one attached hydrogen (secondary N) is 1. The van der Waals surface area contributed by atoms with Crippen molar-refractivity contribution in [2.75, 3.05) is 26.2 Å². The smallest absolute Gasteiger partial charge is 0.243 e. The van der Waals surface area contributed by atoms with Crippen molar-refractivity contribution in [3.8, 4) is 0 Å². The summed E-state index contributed by atoms with van der Waals surface area (Å²) in [5, 5.41) is 0. The lowest BCUT2D eigenvalue weighted by Crippen LogP contribution is -2.45. The predicted molar refractivity (Wildman–Crippen MR) is 123 cm³/mol. The van der Waals surface area contributed by atoms with Crippen LogP contribution in [-0.2, 0) is 10.0 Å². The zero-order valence-corrected chi connectivity index (χ0v) is 18.8. The van der Waals surface area contributed by atoms with Gasteiger partial charge in [0.2, 0.25) is 10.0 Å². The molecule has 1 N–H and O–H groups in total. The topological polar surface area (TPSA) is 69.3 Å². The summed E-state index contributed by atoms with van der Waals surface area (Å²) in [5.74, 6) is 1.53. The number of aromatic nitrogens is 2. The summed E-state index contributed by atoms with van der Waals surface area (Å²) in [6.45, 7) is 5.34. The molecule has 2 aliphatic heterocycles. The third kappa shape index (κ3) is 4.14. The lowest BCUT2D eigenvalue weighted by molar-refractivity contribution is 0.176. The van der Waals surface area contributed by atoms with Crippen LogP contribution in [0.15, 0.2) is 53.4 Å². The first kappa shape index (κ1) is 20.7. The average Bonchev–Trinajstić information content (AvgIpc) is 3.41. The summed E-state index contributed by atoms with van der Waals surface area (Å²) in [6.07, 6.45) is 3.98. The molecule has 0 spiro atoms. The fraction of sp³-hybridized carbons (Fsp3) is 0.458. The van der Waals surface area contributed by atoms with Gasteiger partial charge in [-0.1, -0.05) is 24.3 Å². The van der Waals surface area contributed by atoms with Gasteiger partial charge < -0.3 is 9.88 Å². The van der Waals surface area contributed by atoms with E-state index in [4.69, 9.17) is 4.98 Å². The molecule has 0 bridgehead atoms. The molecule has 2 saturated heterocycles. The molecule has 0 radical (unpaired) electrons. The van der Waals surface area contributed by atoms with Gasteiger partial charge in [-0.15, -0.1) is 0 Å². The Morgan fingerprint density at radius 3 is 2.61 bits per heavy atom. The highest BCUT2D eigenvalue weighted by atomic mass is 32.2. The van der Waals surface area contributed by atoms with Crippen LogP contribution < -0.4 is 0 Å². The highest BCUT2D eigenvalue weighted by molar-refractivity contribution is 7.89. The van der Waals surface area contributed by atoms with Gasteiger partial charge in [0.15, 0.2) is 0 Å². The highest BCUT2D eigenvalue weighted by Gasteiger charge is 2.37. The Bertz CT molecular complexity index is 1130. The lowest BCUT2D eigenvalue weighted by atomic mass is 9.96. The van der Waals surface area contributed by atoms with Crippen molar-refractivity contribution >= 4 is 21.1 Å². The number of hydrogen-bond acceptors (Lipinski definition) is 4. The number of piperidine rings is 1. The van der Waals surface area contributed by atoms with Gasteiger partial charge in [0.05, 0.1) is 15.9 Å². The summed E-state index contributed by atoms with van der Waals surface area (Å²) in [4.78, 5) is 11.1. The summed E-state index contributed by atoms with van der Waals surface area (Å²) < 4.78 is 28.3. The summed E-state index contributed by atoms with van der Waals surface area (Å²) in [5.41, 5.74) is 3.11. The van der Waals surface area contributed by atoms with Crippen molar-refractivity contribution < 1.29 is 8.42 Å². The van der Waals surface area contributed by atoms with Crippen molar-refractivity contribution in [3.63, 3.8) is 0 Å². The maximum absolute atomic E-state index is 13.3. The molecule has 0 saturated carbocycles. The van der Waals surface area contributed by atoms with Crippen molar-refractivity contribution in [2.24, 2.45) is 0 Å². The number of benzene rings is 2. The Kier molecular flexibility index (Phi) is 5.58. The Balaban J connectivity index is 1.23. The number of nitrogens with zero attached hydrogens (tertiary/aromatic N) is 3. The normalized spacial score (nSPS) is 21.8. The van der Waals surface area contributed by atoms with Crippen LogP contribution in [0.3, 0.4) is 0 Å². The van der Waals surface area contributed by atoms with E-state index in [0.717, 1.165) is 67.7 Å². The van der Waals surface area contributed by atoms with Crippen molar-refractivity contribution in [3.05, 3.63) is 59.9 Å². The predicted octanol–water partition coefficient (Wildman–Crippen LogP) is 3.90. The first-order valence-electron chi connectivity index (χ1n) is 11.3. The fourth-order valence-electron chi connectivity index (χ4n) is 5.07. The molecular formula is C24H30N4O2S. The number of aryl methyl sites for hydroxylation is 1. The average molecular weight is 439 g/mol. The Morgan fingerprint density at radius 1 is 1.03 bits per heavy atom. The van der Waals surface area contributed by atoms with Gasteiger partial charge in [0.1, 0.15) is 5.82 Å². The standard InChI is InChI=1S/C24H30N4O2S/c1-18-6-4-8-21(16-18)31(29,30)28-13-5-7-20(28)17-27-14-11-19(12-15-27)24-25-22-9-2-3-10-23(22)26-24/h2-4,6,8-10,16,19-20H,5,7,11-15,17H2,1H3,(H,25,26)/t20-/m0/s1. The van der Waals surface area contributed by atoms with Crippen molar-refractivity contribution in [1.29, 1.82) is 0 Å². The van der Waals surface area contributed by atoms with Crippen LogP contribution in [0.2, 0.25) is 0 Å². The van der Waals surface area contributed by atoms with Gasteiger partial charge in [0.25, 0.3) is 0 Å². The van der Waals surface area contributed by atoms with Crippen LogP contribution in [0.4, 0.5) is 0 Å². The SMILES string of the molecule is Cc1cccc(S(=O)(=O)N2CCC[C@H]2CN2CCC(c3nc4ccccc4[nH]3)CC2)c1. The highest BCUT2D eigenvalue weighted by Crippen LogP contribution is 2.31. The fourth-order valence-corrected chi connectivity index (χ4v) is 6.86. The molecule has 6 nitrogen and oxygen atoms in total. The van der Waals surface area contributed by atoms with Crippen LogP contribution in [0, 0.1) is 6.92 Å². The van der Waals surface area contributed by atoms with Gasteiger partial charge >= 0.3 is 0 Å². The molecular weight excluding hydrogens is 408 g/mol. The molecule has 2 aliphatic rings. The molecule has 1 aromatic heterocycles. The van der Waals surface area contributed by atoms with E-state index >= 15 is 0 Å². The van der Waals surface area contributed by atoms with Gasteiger partial charge in [-0.25, -0.2) is 13.4 Å². The van der Waals surface area contributed by atoms with Gasteiger partial charge in [-0.05, 0) is 75.5 Å². The molecule has 0 amide bonds. The maximum Gasteiger partial charge on any atom is 0.243 e. The third-order valence-electron chi connectivity index (χ3n) is 6.77. The molecule has 2 fully saturated rings. The second-order valence-electron chi connectivity index (χ2n) is 8.94. The van der Waals surface area contributed by atoms with Crippen LogP contribution >= 0.6 is 0 Å². The van der Waals surface area contributed by atoms with E-state index in [-0.39, 0.29) is 6.04 Å². The zero-order valence-electron chi connectivity index (χ0n) is 18.0. The van der Waals surface area contributed by atoms with E-state index in [1.807, 2.05) is 37.3 Å². The number of rotatable bonds is 5. The van der Waals surface area contributed by atoms with E-state index in [2.05, 4.69) is 16.0 Å². The zero-order chi connectivity index (χ0) is 21.4. The number of sulfonamides is 1. The van der Waals surface area contributed by atoms with Gasteiger partial charge in [-0.3, -0.25) is 0 Å². The van der Waals surface area contributed by atoms with Crippen LogP contribution in [0.1, 0.15) is 43.0 Å². The number of likely N-dealkylation sites (tertiary alicyclic amines) is 1. The summed E-state index contributed by atoms with van der Waals surface area (Å²) in [6, 6.07) is 15.5. The van der Waals surface area contributed by atoms with Crippen molar-refractivity contribution in [1.82, 2.24) is 19.2 Å². The third-order valence-corrected chi connectivity index (χ3v) is 8.72.